The highest BCUT2D eigenvalue weighted by Gasteiger charge is 2.27. The molecule has 2 atom stereocenters. The Morgan fingerprint density at radius 1 is 1.30 bits per heavy atom. The van der Waals surface area contributed by atoms with Gasteiger partial charge in [0.05, 0.1) is 5.92 Å². The van der Waals surface area contributed by atoms with E-state index < -0.39 is 0 Å². The molecule has 3 rings (SSSR count). The smallest absolute Gasteiger partial charge is 0.227 e. The Hall–Kier alpha value is -1.94. The Bertz CT molecular complexity index is 701. The molecule has 2 aromatic rings. The van der Waals surface area contributed by atoms with E-state index >= 15 is 0 Å². The molecule has 0 aromatic heterocycles. The maximum absolute atomic E-state index is 12.7. The third-order valence-electron chi connectivity index (χ3n) is 4.12. The molecule has 2 aromatic carbocycles. The average molecular weight is 327 g/mol. The molecule has 0 aliphatic carbocycles. The van der Waals surface area contributed by atoms with Crippen LogP contribution >= 0.6 is 11.8 Å². The Labute approximate surface area is 141 Å². The van der Waals surface area contributed by atoms with E-state index in [0.717, 1.165) is 23.3 Å². The molecule has 0 spiro atoms. The van der Waals surface area contributed by atoms with Crippen LogP contribution in [0, 0.1) is 0 Å². The normalized spacial score (nSPS) is 18.0. The number of amides is 1. The highest BCUT2D eigenvalue weighted by atomic mass is 32.2. The van der Waals surface area contributed by atoms with Gasteiger partial charge in [0, 0.05) is 10.9 Å². The zero-order chi connectivity index (χ0) is 16.2. The van der Waals surface area contributed by atoms with Crippen molar-refractivity contribution < 1.29 is 9.90 Å². The minimum Gasteiger partial charge on any atom is -0.508 e. The highest BCUT2D eigenvalue weighted by molar-refractivity contribution is 7.99. The van der Waals surface area contributed by atoms with E-state index in [0.29, 0.717) is 6.42 Å². The molecular weight excluding hydrogens is 306 g/mol. The molecule has 1 aliphatic rings. The molecule has 1 heterocycles. The fourth-order valence-electron chi connectivity index (χ4n) is 3.05. The molecule has 3 nitrogen and oxygen atoms in total. The van der Waals surface area contributed by atoms with Crippen molar-refractivity contribution in [2.45, 2.75) is 36.6 Å². The van der Waals surface area contributed by atoms with Gasteiger partial charge in [0.25, 0.3) is 0 Å². The fourth-order valence-corrected chi connectivity index (χ4v) is 4.17. The van der Waals surface area contributed by atoms with E-state index in [1.54, 1.807) is 12.1 Å². The standard InChI is InChI=1S/C19H21NO2S/c1-13(11-14-5-4-6-15(21)12-14)20-19(22)17-9-10-23-18-8-3-2-7-16(17)18/h2-8,12-13,17,21H,9-11H2,1H3,(H,20,22). The van der Waals surface area contributed by atoms with Crippen molar-refractivity contribution in [3.63, 3.8) is 0 Å². The molecule has 0 saturated carbocycles. The minimum atomic E-state index is -0.0564. The van der Waals surface area contributed by atoms with Crippen molar-refractivity contribution in [1.29, 1.82) is 0 Å². The molecule has 1 aliphatic heterocycles. The molecule has 2 N–H and O–H groups in total. The first-order valence-electron chi connectivity index (χ1n) is 7.93. The van der Waals surface area contributed by atoms with Crippen molar-refractivity contribution in [3.8, 4) is 5.75 Å². The van der Waals surface area contributed by atoms with E-state index in [4.69, 9.17) is 0 Å². The largest absolute Gasteiger partial charge is 0.508 e. The lowest BCUT2D eigenvalue weighted by Gasteiger charge is -2.25. The zero-order valence-corrected chi connectivity index (χ0v) is 14.0. The summed E-state index contributed by atoms with van der Waals surface area (Å²) in [5.41, 5.74) is 2.17. The fraction of sp³-hybridized carbons (Fsp3) is 0.316. The van der Waals surface area contributed by atoms with Crippen molar-refractivity contribution in [2.24, 2.45) is 0 Å². The lowest BCUT2D eigenvalue weighted by atomic mass is 9.94. The summed E-state index contributed by atoms with van der Waals surface area (Å²) in [5, 5.41) is 12.7. The van der Waals surface area contributed by atoms with Gasteiger partial charge in [-0.1, -0.05) is 30.3 Å². The van der Waals surface area contributed by atoms with Crippen LogP contribution in [0.2, 0.25) is 0 Å². The summed E-state index contributed by atoms with van der Waals surface area (Å²) in [6.07, 6.45) is 1.59. The van der Waals surface area contributed by atoms with Crippen molar-refractivity contribution in [3.05, 3.63) is 59.7 Å². The molecule has 120 valence electrons. The number of hydrogen-bond donors (Lipinski definition) is 2. The number of carbonyl (C=O) groups excluding carboxylic acids is 1. The topological polar surface area (TPSA) is 49.3 Å². The first-order valence-corrected chi connectivity index (χ1v) is 8.92. The third-order valence-corrected chi connectivity index (χ3v) is 5.24. The van der Waals surface area contributed by atoms with Crippen LogP contribution in [-0.2, 0) is 11.2 Å². The van der Waals surface area contributed by atoms with Gasteiger partial charge in [-0.3, -0.25) is 4.79 Å². The summed E-state index contributed by atoms with van der Waals surface area (Å²) >= 11 is 1.83. The van der Waals surface area contributed by atoms with Crippen LogP contribution in [0.5, 0.6) is 5.75 Å². The van der Waals surface area contributed by atoms with Gasteiger partial charge in [-0.25, -0.2) is 0 Å². The lowest BCUT2D eigenvalue weighted by molar-refractivity contribution is -0.123. The monoisotopic (exact) mass is 327 g/mol. The number of fused-ring (bicyclic) bond motifs is 1. The maximum atomic E-state index is 12.7. The number of phenolic OH excluding ortho intramolecular Hbond substituents is 1. The molecule has 23 heavy (non-hydrogen) atoms. The van der Waals surface area contributed by atoms with Crippen LogP contribution in [-0.4, -0.2) is 22.8 Å². The van der Waals surface area contributed by atoms with E-state index in [9.17, 15) is 9.90 Å². The Balaban J connectivity index is 1.65. The first-order chi connectivity index (χ1) is 11.1. The predicted octanol–water partition coefficient (Wildman–Crippen LogP) is 3.72. The van der Waals surface area contributed by atoms with Crippen LogP contribution in [0.15, 0.2) is 53.4 Å². The van der Waals surface area contributed by atoms with E-state index in [2.05, 4.69) is 17.4 Å². The van der Waals surface area contributed by atoms with Gasteiger partial charge < -0.3 is 10.4 Å². The second kappa shape index (κ2) is 7.09. The van der Waals surface area contributed by atoms with Gasteiger partial charge in [-0.2, -0.15) is 0 Å². The molecule has 4 heteroatoms. The molecule has 2 unspecified atom stereocenters. The summed E-state index contributed by atoms with van der Waals surface area (Å²) in [6, 6.07) is 15.4. The van der Waals surface area contributed by atoms with E-state index in [-0.39, 0.29) is 23.6 Å². The van der Waals surface area contributed by atoms with Crippen LogP contribution in [0.1, 0.15) is 30.4 Å². The number of phenols is 1. The van der Waals surface area contributed by atoms with Gasteiger partial charge in [0.2, 0.25) is 5.91 Å². The number of aromatic hydroxyl groups is 1. The summed E-state index contributed by atoms with van der Waals surface area (Å²) in [6.45, 7) is 2.01. The van der Waals surface area contributed by atoms with Crippen LogP contribution in [0.4, 0.5) is 0 Å². The third kappa shape index (κ3) is 3.88. The Kier molecular flexibility index (Phi) is 4.91. The maximum Gasteiger partial charge on any atom is 0.227 e. The van der Waals surface area contributed by atoms with Crippen LogP contribution in [0.25, 0.3) is 0 Å². The number of benzene rings is 2. The van der Waals surface area contributed by atoms with Gasteiger partial charge in [0.1, 0.15) is 5.75 Å². The second-order valence-corrected chi connectivity index (χ2v) is 7.15. The van der Waals surface area contributed by atoms with Gasteiger partial charge >= 0.3 is 0 Å². The summed E-state index contributed by atoms with van der Waals surface area (Å²) < 4.78 is 0. The number of carbonyl (C=O) groups is 1. The molecular formula is C19H21NO2S. The highest BCUT2D eigenvalue weighted by Crippen LogP contribution is 2.37. The molecule has 0 saturated heterocycles. The van der Waals surface area contributed by atoms with E-state index in [1.807, 2.05) is 43.0 Å². The van der Waals surface area contributed by atoms with Crippen molar-refractivity contribution >= 4 is 17.7 Å². The number of thioether (sulfide) groups is 1. The molecule has 0 bridgehead atoms. The van der Waals surface area contributed by atoms with Gasteiger partial charge in [0.15, 0.2) is 0 Å². The van der Waals surface area contributed by atoms with E-state index in [1.165, 1.54) is 4.90 Å². The average Bonchev–Trinajstić information content (AvgIpc) is 2.54. The van der Waals surface area contributed by atoms with Crippen molar-refractivity contribution in [1.82, 2.24) is 5.32 Å². The second-order valence-electron chi connectivity index (χ2n) is 6.01. The first kappa shape index (κ1) is 15.9. The minimum absolute atomic E-state index is 0.0334. The quantitative estimate of drug-likeness (QED) is 0.900. The zero-order valence-electron chi connectivity index (χ0n) is 13.2. The summed E-state index contributed by atoms with van der Waals surface area (Å²) in [7, 11) is 0. The predicted molar refractivity (Wildman–Crippen MR) is 93.9 cm³/mol. The summed E-state index contributed by atoms with van der Waals surface area (Å²) in [4.78, 5) is 13.9. The SMILES string of the molecule is CC(Cc1cccc(O)c1)NC(=O)C1CCSc2ccccc21. The van der Waals surface area contributed by atoms with Gasteiger partial charge in [-0.15, -0.1) is 11.8 Å². The van der Waals surface area contributed by atoms with Gasteiger partial charge in [-0.05, 0) is 54.8 Å². The Morgan fingerprint density at radius 2 is 2.13 bits per heavy atom. The number of hydrogen-bond acceptors (Lipinski definition) is 3. The number of rotatable bonds is 4. The number of nitrogens with one attached hydrogen (secondary N) is 1. The lowest BCUT2D eigenvalue weighted by Crippen LogP contribution is -2.38. The summed E-state index contributed by atoms with van der Waals surface area (Å²) in [5.74, 6) is 1.29. The van der Waals surface area contributed by atoms with Crippen LogP contribution in [0.3, 0.4) is 0 Å². The molecule has 0 radical (unpaired) electrons. The van der Waals surface area contributed by atoms with Crippen LogP contribution < -0.4 is 5.32 Å². The molecule has 1 amide bonds. The van der Waals surface area contributed by atoms with Crippen molar-refractivity contribution in [2.75, 3.05) is 5.75 Å². The Morgan fingerprint density at radius 3 is 2.96 bits per heavy atom. The molecule has 0 fully saturated rings.